The number of Topliss-reactive ketones (excluding diaryl/α,β-unsaturated/α-hetero) is 1. The summed E-state index contributed by atoms with van der Waals surface area (Å²) in [5, 5.41) is 2.87. The maximum absolute atomic E-state index is 12.1. The molecule has 1 aliphatic rings. The molecule has 1 amide bonds. The van der Waals surface area contributed by atoms with Crippen molar-refractivity contribution in [1.82, 2.24) is 5.32 Å². The average molecular weight is 287 g/mol. The van der Waals surface area contributed by atoms with Crippen LogP contribution in [0.4, 0.5) is 0 Å². The van der Waals surface area contributed by atoms with E-state index in [9.17, 15) is 13.8 Å². The van der Waals surface area contributed by atoms with Crippen LogP contribution in [-0.2, 0) is 20.4 Å². The zero-order valence-corrected chi connectivity index (χ0v) is 12.9. The second-order valence-corrected chi connectivity index (χ2v) is 7.40. The van der Waals surface area contributed by atoms with E-state index in [2.05, 4.69) is 5.32 Å². The second-order valence-electron chi connectivity index (χ2n) is 5.68. The average Bonchev–Trinajstić information content (AvgIpc) is 2.36. The molecule has 1 rings (SSSR count). The summed E-state index contributed by atoms with van der Waals surface area (Å²) in [5.41, 5.74) is 0. The lowest BCUT2D eigenvalue weighted by Crippen LogP contribution is -2.45. The predicted molar refractivity (Wildman–Crippen MR) is 77.3 cm³/mol. The highest BCUT2D eigenvalue weighted by molar-refractivity contribution is 7.86. The molecule has 110 valence electrons. The van der Waals surface area contributed by atoms with Gasteiger partial charge in [-0.15, -0.1) is 0 Å². The van der Waals surface area contributed by atoms with Gasteiger partial charge in [-0.3, -0.25) is 13.8 Å². The standard InChI is InChI=1S/C14H25NO3S/c1-10(2)14(11(3)16)15-13(17)9-19(18)12-7-5-4-6-8-12/h10,12,14H,4-9H2,1-3H3,(H,15,17). The van der Waals surface area contributed by atoms with Crippen molar-refractivity contribution in [2.24, 2.45) is 5.92 Å². The number of hydrogen-bond acceptors (Lipinski definition) is 3. The summed E-state index contributed by atoms with van der Waals surface area (Å²) in [6, 6.07) is -0.462. The van der Waals surface area contributed by atoms with Crippen molar-refractivity contribution in [3.05, 3.63) is 0 Å². The maximum Gasteiger partial charge on any atom is 0.233 e. The molecular formula is C14H25NO3S. The molecular weight excluding hydrogens is 262 g/mol. The van der Waals surface area contributed by atoms with E-state index in [1.807, 2.05) is 13.8 Å². The lowest BCUT2D eigenvalue weighted by molar-refractivity contribution is -0.126. The highest BCUT2D eigenvalue weighted by Crippen LogP contribution is 2.22. The van der Waals surface area contributed by atoms with Gasteiger partial charge in [-0.05, 0) is 25.7 Å². The Morgan fingerprint density at radius 3 is 2.26 bits per heavy atom. The van der Waals surface area contributed by atoms with Crippen molar-refractivity contribution in [1.29, 1.82) is 0 Å². The van der Waals surface area contributed by atoms with Crippen LogP contribution in [0.1, 0.15) is 52.9 Å². The first kappa shape index (κ1) is 16.3. The van der Waals surface area contributed by atoms with E-state index in [4.69, 9.17) is 0 Å². The summed E-state index contributed by atoms with van der Waals surface area (Å²) in [5.74, 6) is -0.226. The zero-order valence-electron chi connectivity index (χ0n) is 12.1. The Morgan fingerprint density at radius 2 is 1.79 bits per heavy atom. The molecule has 0 saturated heterocycles. The molecule has 0 aromatic heterocycles. The first-order valence-electron chi connectivity index (χ1n) is 7.08. The van der Waals surface area contributed by atoms with Crippen molar-refractivity contribution >= 4 is 22.5 Å². The maximum atomic E-state index is 12.1. The molecule has 0 heterocycles. The van der Waals surface area contributed by atoms with E-state index in [-0.39, 0.29) is 28.6 Å². The van der Waals surface area contributed by atoms with Gasteiger partial charge in [0.05, 0.1) is 6.04 Å². The summed E-state index contributed by atoms with van der Waals surface area (Å²) in [7, 11) is -1.10. The van der Waals surface area contributed by atoms with Gasteiger partial charge in [0.15, 0.2) is 5.78 Å². The van der Waals surface area contributed by atoms with Crippen LogP contribution in [0, 0.1) is 5.92 Å². The van der Waals surface area contributed by atoms with Gasteiger partial charge in [0.25, 0.3) is 0 Å². The summed E-state index contributed by atoms with van der Waals surface area (Å²) in [6.45, 7) is 5.26. The Hall–Kier alpha value is -0.710. The van der Waals surface area contributed by atoms with Gasteiger partial charge in [-0.25, -0.2) is 0 Å². The SMILES string of the molecule is CC(=O)C(NC(=O)CS(=O)C1CCCCC1)C(C)C. The van der Waals surface area contributed by atoms with Crippen molar-refractivity contribution in [2.75, 3.05) is 5.75 Å². The monoisotopic (exact) mass is 287 g/mol. The molecule has 1 saturated carbocycles. The van der Waals surface area contributed by atoms with Gasteiger partial charge in [0.2, 0.25) is 5.91 Å². The minimum Gasteiger partial charge on any atom is -0.345 e. The fourth-order valence-electron chi connectivity index (χ4n) is 2.53. The van der Waals surface area contributed by atoms with Gasteiger partial charge in [-0.2, -0.15) is 0 Å². The minimum atomic E-state index is -1.10. The summed E-state index contributed by atoms with van der Waals surface area (Å²) >= 11 is 0. The normalized spacial score (nSPS) is 20.0. The largest absolute Gasteiger partial charge is 0.345 e. The first-order chi connectivity index (χ1) is 8.91. The van der Waals surface area contributed by atoms with E-state index in [1.54, 1.807) is 0 Å². The zero-order chi connectivity index (χ0) is 14.4. The molecule has 0 bridgehead atoms. The number of carbonyl (C=O) groups excluding carboxylic acids is 2. The van der Waals surface area contributed by atoms with Gasteiger partial charge < -0.3 is 5.32 Å². The third-order valence-electron chi connectivity index (χ3n) is 3.62. The number of ketones is 1. The van der Waals surface area contributed by atoms with E-state index in [1.165, 1.54) is 13.3 Å². The molecule has 0 spiro atoms. The van der Waals surface area contributed by atoms with E-state index < -0.39 is 16.8 Å². The molecule has 0 aromatic rings. The molecule has 5 heteroatoms. The fraction of sp³-hybridized carbons (Fsp3) is 0.857. The molecule has 0 radical (unpaired) electrons. The molecule has 0 aliphatic heterocycles. The first-order valence-corrected chi connectivity index (χ1v) is 8.47. The number of carbonyl (C=O) groups is 2. The van der Waals surface area contributed by atoms with E-state index in [0.29, 0.717) is 0 Å². The number of amides is 1. The Labute approximate surface area is 118 Å². The highest BCUT2D eigenvalue weighted by atomic mass is 32.2. The van der Waals surface area contributed by atoms with Gasteiger partial charge in [0, 0.05) is 16.0 Å². The van der Waals surface area contributed by atoms with Crippen LogP contribution in [0.25, 0.3) is 0 Å². The fourth-order valence-corrected chi connectivity index (χ4v) is 3.96. The van der Waals surface area contributed by atoms with Crippen LogP contribution in [0.2, 0.25) is 0 Å². The lowest BCUT2D eigenvalue weighted by atomic mass is 10.0. The Kier molecular flexibility index (Phi) is 6.69. The quantitative estimate of drug-likeness (QED) is 0.810. The van der Waals surface area contributed by atoms with Crippen LogP contribution in [0.3, 0.4) is 0 Å². The third-order valence-corrected chi connectivity index (χ3v) is 5.38. The van der Waals surface area contributed by atoms with Gasteiger partial charge in [-0.1, -0.05) is 33.1 Å². The van der Waals surface area contributed by atoms with Crippen LogP contribution in [0.15, 0.2) is 0 Å². The molecule has 2 atom stereocenters. The molecule has 19 heavy (non-hydrogen) atoms. The van der Waals surface area contributed by atoms with Crippen LogP contribution in [-0.4, -0.2) is 32.9 Å². The highest BCUT2D eigenvalue weighted by Gasteiger charge is 2.25. The van der Waals surface area contributed by atoms with E-state index >= 15 is 0 Å². The third kappa shape index (κ3) is 5.43. The Morgan fingerprint density at radius 1 is 1.21 bits per heavy atom. The molecule has 1 aliphatic carbocycles. The molecule has 1 N–H and O–H groups in total. The van der Waals surface area contributed by atoms with Crippen molar-refractivity contribution in [3.8, 4) is 0 Å². The topological polar surface area (TPSA) is 63.2 Å². The summed E-state index contributed by atoms with van der Waals surface area (Å²) in [6.07, 6.45) is 5.35. The molecule has 0 aromatic carbocycles. The molecule has 4 nitrogen and oxygen atoms in total. The minimum absolute atomic E-state index is 0.0289. The second kappa shape index (κ2) is 7.78. The van der Waals surface area contributed by atoms with Crippen LogP contribution >= 0.6 is 0 Å². The van der Waals surface area contributed by atoms with Gasteiger partial charge >= 0.3 is 0 Å². The van der Waals surface area contributed by atoms with Crippen LogP contribution < -0.4 is 5.32 Å². The molecule has 2 unspecified atom stereocenters. The summed E-state index contributed by atoms with van der Waals surface area (Å²) in [4.78, 5) is 23.3. The Bertz CT molecular complexity index is 349. The Balaban J connectivity index is 2.45. The number of nitrogens with one attached hydrogen (secondary N) is 1. The van der Waals surface area contributed by atoms with Crippen molar-refractivity contribution in [2.45, 2.75) is 64.2 Å². The lowest BCUT2D eigenvalue weighted by Gasteiger charge is -2.22. The number of rotatable bonds is 6. The smallest absolute Gasteiger partial charge is 0.233 e. The number of hydrogen-bond donors (Lipinski definition) is 1. The predicted octanol–water partition coefficient (Wildman–Crippen LogP) is 1.80. The van der Waals surface area contributed by atoms with E-state index in [0.717, 1.165) is 25.7 Å². The van der Waals surface area contributed by atoms with Crippen LogP contribution in [0.5, 0.6) is 0 Å². The van der Waals surface area contributed by atoms with Crippen molar-refractivity contribution in [3.63, 3.8) is 0 Å². The molecule has 1 fully saturated rings. The van der Waals surface area contributed by atoms with Crippen molar-refractivity contribution < 1.29 is 13.8 Å². The van der Waals surface area contributed by atoms with Gasteiger partial charge in [0.1, 0.15) is 5.75 Å². The summed E-state index contributed by atoms with van der Waals surface area (Å²) < 4.78 is 12.1.